The predicted octanol–water partition coefficient (Wildman–Crippen LogP) is 0.190. The van der Waals surface area contributed by atoms with E-state index in [1.165, 1.54) is 4.90 Å². The lowest BCUT2D eigenvalue weighted by molar-refractivity contribution is -0.141. The summed E-state index contributed by atoms with van der Waals surface area (Å²) >= 11 is 0. The molecule has 2 aromatic rings. The zero-order chi connectivity index (χ0) is 17.8. The van der Waals surface area contributed by atoms with Gasteiger partial charge in [-0.15, -0.1) is 0 Å². The van der Waals surface area contributed by atoms with Gasteiger partial charge in [0.1, 0.15) is 0 Å². The number of imidazole rings is 1. The van der Waals surface area contributed by atoms with E-state index in [2.05, 4.69) is 4.98 Å². The third-order valence-electron chi connectivity index (χ3n) is 4.57. The lowest BCUT2D eigenvalue weighted by Crippen LogP contribution is -2.45. The Morgan fingerprint density at radius 1 is 1.16 bits per heavy atom. The van der Waals surface area contributed by atoms with Gasteiger partial charge < -0.3 is 19.7 Å². The molecule has 1 amide bonds. The standard InChI is InChI=1S/C18H21N3O4/c22-11-14(23)16-15(13-5-2-1-3-6-13)17(24)18(25)21(16)9-4-8-20-10-7-19-12-20/h1-3,5-7,10,12,14-16,22-23H,4,8-9,11H2. The average molecular weight is 343 g/mol. The van der Waals surface area contributed by atoms with E-state index in [0.717, 1.165) is 0 Å². The molecule has 1 aromatic heterocycles. The second kappa shape index (κ2) is 7.58. The third kappa shape index (κ3) is 3.47. The molecule has 0 radical (unpaired) electrons. The second-order valence-electron chi connectivity index (χ2n) is 6.15. The second-order valence-corrected chi connectivity index (χ2v) is 6.15. The van der Waals surface area contributed by atoms with Crippen LogP contribution in [-0.4, -0.2) is 61.7 Å². The fraction of sp³-hybridized carbons (Fsp3) is 0.389. The van der Waals surface area contributed by atoms with E-state index in [-0.39, 0.29) is 0 Å². The molecule has 132 valence electrons. The summed E-state index contributed by atoms with van der Waals surface area (Å²) in [6, 6.07) is 8.18. The molecule has 0 spiro atoms. The molecule has 1 aliphatic rings. The number of aliphatic hydroxyl groups is 2. The van der Waals surface area contributed by atoms with Crippen LogP contribution in [0.5, 0.6) is 0 Å². The maximum atomic E-state index is 12.5. The molecule has 0 aliphatic carbocycles. The molecular formula is C18H21N3O4. The van der Waals surface area contributed by atoms with Gasteiger partial charge in [0.05, 0.1) is 31.0 Å². The van der Waals surface area contributed by atoms with Crippen LogP contribution in [0.15, 0.2) is 49.1 Å². The monoisotopic (exact) mass is 343 g/mol. The Balaban J connectivity index is 1.80. The Morgan fingerprint density at radius 2 is 1.92 bits per heavy atom. The van der Waals surface area contributed by atoms with E-state index in [9.17, 15) is 19.8 Å². The Hall–Kier alpha value is -2.51. The number of benzene rings is 1. The fourth-order valence-corrected chi connectivity index (χ4v) is 3.39. The first-order valence-electron chi connectivity index (χ1n) is 8.28. The van der Waals surface area contributed by atoms with Crippen molar-refractivity contribution >= 4 is 11.7 Å². The van der Waals surface area contributed by atoms with Crippen molar-refractivity contribution in [3.8, 4) is 0 Å². The molecule has 3 atom stereocenters. The van der Waals surface area contributed by atoms with E-state index in [1.807, 2.05) is 16.8 Å². The van der Waals surface area contributed by atoms with Crippen LogP contribution in [0.2, 0.25) is 0 Å². The van der Waals surface area contributed by atoms with Crippen molar-refractivity contribution in [2.45, 2.75) is 31.0 Å². The van der Waals surface area contributed by atoms with E-state index < -0.39 is 36.4 Å². The number of carbonyl (C=O) groups excluding carboxylic acids is 2. The lowest BCUT2D eigenvalue weighted by atomic mass is 9.88. The number of Topliss-reactive ketones (excluding diaryl/α,β-unsaturated/α-hetero) is 1. The Labute approximate surface area is 145 Å². The van der Waals surface area contributed by atoms with Gasteiger partial charge >= 0.3 is 0 Å². The Kier molecular flexibility index (Phi) is 5.25. The van der Waals surface area contributed by atoms with Crippen molar-refractivity contribution in [2.75, 3.05) is 13.2 Å². The molecule has 2 N–H and O–H groups in total. The highest BCUT2D eigenvalue weighted by molar-refractivity contribution is 6.40. The third-order valence-corrected chi connectivity index (χ3v) is 4.57. The van der Waals surface area contributed by atoms with Gasteiger partial charge in [0, 0.05) is 25.5 Å². The summed E-state index contributed by atoms with van der Waals surface area (Å²) in [5.74, 6) is -1.90. The maximum absolute atomic E-state index is 12.5. The number of aliphatic hydroxyl groups excluding tert-OH is 2. The molecule has 25 heavy (non-hydrogen) atoms. The molecule has 7 heteroatoms. The zero-order valence-electron chi connectivity index (χ0n) is 13.7. The number of rotatable bonds is 7. The van der Waals surface area contributed by atoms with E-state index in [0.29, 0.717) is 25.1 Å². The highest BCUT2D eigenvalue weighted by Gasteiger charge is 2.50. The average Bonchev–Trinajstić information content (AvgIpc) is 3.24. The topological polar surface area (TPSA) is 95.7 Å². The van der Waals surface area contributed by atoms with E-state index >= 15 is 0 Å². The van der Waals surface area contributed by atoms with Crippen LogP contribution in [0.25, 0.3) is 0 Å². The van der Waals surface area contributed by atoms with Crippen LogP contribution >= 0.6 is 0 Å². The van der Waals surface area contributed by atoms with Crippen LogP contribution in [0.3, 0.4) is 0 Å². The summed E-state index contributed by atoms with van der Waals surface area (Å²) in [4.78, 5) is 30.4. The lowest BCUT2D eigenvalue weighted by Gasteiger charge is -2.30. The minimum Gasteiger partial charge on any atom is -0.394 e. The minimum absolute atomic E-state index is 0.327. The van der Waals surface area contributed by atoms with Crippen LogP contribution in [0.4, 0.5) is 0 Å². The van der Waals surface area contributed by atoms with Gasteiger partial charge in [-0.05, 0) is 12.0 Å². The summed E-state index contributed by atoms with van der Waals surface area (Å²) in [7, 11) is 0. The molecule has 7 nitrogen and oxygen atoms in total. The van der Waals surface area contributed by atoms with Gasteiger partial charge in [-0.3, -0.25) is 9.59 Å². The van der Waals surface area contributed by atoms with Crippen molar-refractivity contribution < 1.29 is 19.8 Å². The van der Waals surface area contributed by atoms with Crippen molar-refractivity contribution in [1.82, 2.24) is 14.5 Å². The van der Waals surface area contributed by atoms with E-state index in [4.69, 9.17) is 0 Å². The van der Waals surface area contributed by atoms with E-state index in [1.54, 1.807) is 36.8 Å². The summed E-state index contributed by atoms with van der Waals surface area (Å²) in [6.07, 6.45) is 4.63. The number of nitrogens with zero attached hydrogens (tertiary/aromatic N) is 3. The predicted molar refractivity (Wildman–Crippen MR) is 89.6 cm³/mol. The molecule has 3 unspecified atom stereocenters. The highest BCUT2D eigenvalue weighted by Crippen LogP contribution is 2.34. The summed E-state index contributed by atoms with van der Waals surface area (Å²) in [5.41, 5.74) is 0.676. The van der Waals surface area contributed by atoms with Crippen LogP contribution in [0, 0.1) is 0 Å². The van der Waals surface area contributed by atoms with Crippen molar-refractivity contribution in [3.63, 3.8) is 0 Å². The molecule has 1 fully saturated rings. The van der Waals surface area contributed by atoms with Crippen LogP contribution in [0.1, 0.15) is 17.9 Å². The van der Waals surface area contributed by atoms with Gasteiger partial charge in [-0.2, -0.15) is 0 Å². The normalized spacial score (nSPS) is 21.8. The number of likely N-dealkylation sites (tertiary alicyclic amines) is 1. The van der Waals surface area contributed by atoms with Crippen LogP contribution < -0.4 is 0 Å². The highest BCUT2D eigenvalue weighted by atomic mass is 16.3. The number of aromatic nitrogens is 2. The van der Waals surface area contributed by atoms with Crippen molar-refractivity contribution in [3.05, 3.63) is 54.6 Å². The first-order valence-corrected chi connectivity index (χ1v) is 8.28. The maximum Gasteiger partial charge on any atom is 0.291 e. The van der Waals surface area contributed by atoms with Gasteiger partial charge in [0.15, 0.2) is 0 Å². The minimum atomic E-state index is -1.17. The largest absolute Gasteiger partial charge is 0.394 e. The molecular weight excluding hydrogens is 322 g/mol. The molecule has 2 heterocycles. The molecule has 1 saturated heterocycles. The first kappa shape index (κ1) is 17.3. The number of aryl methyl sites for hydroxylation is 1. The number of hydrogen-bond donors (Lipinski definition) is 2. The first-order chi connectivity index (χ1) is 12.1. The molecule has 0 bridgehead atoms. The van der Waals surface area contributed by atoms with Crippen LogP contribution in [-0.2, 0) is 16.1 Å². The number of hydrogen-bond acceptors (Lipinski definition) is 5. The SMILES string of the molecule is O=C1C(=O)N(CCCn2ccnc2)C(C(O)CO)C1c1ccccc1. The zero-order valence-corrected chi connectivity index (χ0v) is 13.7. The molecule has 1 aromatic carbocycles. The smallest absolute Gasteiger partial charge is 0.291 e. The Bertz CT molecular complexity index is 717. The van der Waals surface area contributed by atoms with Crippen molar-refractivity contribution in [1.29, 1.82) is 0 Å². The van der Waals surface area contributed by atoms with Crippen molar-refractivity contribution in [2.24, 2.45) is 0 Å². The number of amides is 1. The molecule has 0 saturated carbocycles. The van der Waals surface area contributed by atoms with Gasteiger partial charge in [0.25, 0.3) is 5.91 Å². The molecule has 3 rings (SSSR count). The van der Waals surface area contributed by atoms with Gasteiger partial charge in [-0.1, -0.05) is 30.3 Å². The fourth-order valence-electron chi connectivity index (χ4n) is 3.39. The van der Waals surface area contributed by atoms with Gasteiger partial charge in [0.2, 0.25) is 5.78 Å². The number of carbonyl (C=O) groups is 2. The summed E-state index contributed by atoms with van der Waals surface area (Å²) in [6.45, 7) is 0.469. The summed E-state index contributed by atoms with van der Waals surface area (Å²) in [5, 5.41) is 19.7. The quantitative estimate of drug-likeness (QED) is 0.700. The Morgan fingerprint density at radius 3 is 2.56 bits per heavy atom. The summed E-state index contributed by atoms with van der Waals surface area (Å²) < 4.78 is 1.88. The number of ketones is 1. The molecule has 1 aliphatic heterocycles. The van der Waals surface area contributed by atoms with Gasteiger partial charge in [-0.25, -0.2) is 4.98 Å².